The van der Waals surface area contributed by atoms with Gasteiger partial charge >= 0.3 is 0 Å². The maximum atomic E-state index is 12.5. The highest BCUT2D eigenvalue weighted by Gasteiger charge is 2.45. The first kappa shape index (κ1) is 17.5. The lowest BCUT2D eigenvalue weighted by molar-refractivity contribution is -0.141. The van der Waals surface area contributed by atoms with Crippen molar-refractivity contribution >= 4 is 29.6 Å². The van der Waals surface area contributed by atoms with E-state index < -0.39 is 23.8 Å². The quantitative estimate of drug-likeness (QED) is 0.418. The SMILES string of the molecule is O=CC(=O)C1c2cc(N3C4CNCC3C4)ccc2CN1C1CCC(=O)NC1=O. The number of amides is 2. The predicted octanol–water partition coefficient (Wildman–Crippen LogP) is -0.333. The average molecular weight is 382 g/mol. The molecule has 4 unspecified atom stereocenters. The number of carbonyl (C=O) groups excluding carboxylic acids is 4. The van der Waals surface area contributed by atoms with Crippen molar-refractivity contribution in [1.82, 2.24) is 15.5 Å². The highest BCUT2D eigenvalue weighted by Crippen LogP contribution is 2.42. The van der Waals surface area contributed by atoms with Crippen molar-refractivity contribution < 1.29 is 19.2 Å². The summed E-state index contributed by atoms with van der Waals surface area (Å²) in [4.78, 5) is 51.9. The molecule has 1 aromatic rings. The molecular weight excluding hydrogens is 360 g/mol. The van der Waals surface area contributed by atoms with E-state index in [-0.39, 0.29) is 12.3 Å². The van der Waals surface area contributed by atoms with Gasteiger partial charge in [0.15, 0.2) is 6.29 Å². The first-order valence-electron chi connectivity index (χ1n) is 9.77. The van der Waals surface area contributed by atoms with Crippen molar-refractivity contribution in [3.05, 3.63) is 29.3 Å². The third-order valence-electron chi connectivity index (χ3n) is 6.49. The number of fused-ring (bicyclic) bond motifs is 3. The minimum atomic E-state index is -0.768. The largest absolute Gasteiger partial charge is 0.363 e. The molecule has 0 aromatic heterocycles. The van der Waals surface area contributed by atoms with Crippen molar-refractivity contribution in [2.45, 2.75) is 50.0 Å². The van der Waals surface area contributed by atoms with Crippen molar-refractivity contribution in [2.24, 2.45) is 0 Å². The molecule has 0 aliphatic carbocycles. The van der Waals surface area contributed by atoms with Crippen molar-refractivity contribution in [2.75, 3.05) is 18.0 Å². The van der Waals surface area contributed by atoms with Gasteiger partial charge in [-0.3, -0.25) is 29.4 Å². The second-order valence-electron chi connectivity index (χ2n) is 8.05. The fraction of sp³-hybridized carbons (Fsp3) is 0.500. The Balaban J connectivity index is 1.48. The van der Waals surface area contributed by atoms with Crippen LogP contribution >= 0.6 is 0 Å². The van der Waals surface area contributed by atoms with Gasteiger partial charge < -0.3 is 10.2 Å². The summed E-state index contributed by atoms with van der Waals surface area (Å²) in [6.45, 7) is 2.32. The van der Waals surface area contributed by atoms with E-state index in [4.69, 9.17) is 0 Å². The minimum Gasteiger partial charge on any atom is -0.363 e. The maximum Gasteiger partial charge on any atom is 0.243 e. The van der Waals surface area contributed by atoms with Gasteiger partial charge in [0.25, 0.3) is 0 Å². The van der Waals surface area contributed by atoms with Crippen LogP contribution in [0.25, 0.3) is 0 Å². The molecule has 146 valence electrons. The van der Waals surface area contributed by atoms with E-state index in [9.17, 15) is 19.2 Å². The van der Waals surface area contributed by atoms with E-state index in [0.717, 1.165) is 29.9 Å². The van der Waals surface area contributed by atoms with Gasteiger partial charge in [-0.25, -0.2) is 0 Å². The molecule has 3 fully saturated rings. The first-order valence-corrected chi connectivity index (χ1v) is 9.77. The van der Waals surface area contributed by atoms with Crippen LogP contribution in [0.3, 0.4) is 0 Å². The van der Waals surface area contributed by atoms with Crippen molar-refractivity contribution in [1.29, 1.82) is 0 Å². The summed E-state index contributed by atoms with van der Waals surface area (Å²) in [7, 11) is 0. The number of nitrogens with zero attached hydrogens (tertiary/aromatic N) is 2. The van der Waals surface area contributed by atoms with Crippen LogP contribution < -0.4 is 15.5 Å². The molecule has 2 N–H and O–H groups in total. The van der Waals surface area contributed by atoms with Gasteiger partial charge in [0, 0.05) is 43.8 Å². The molecule has 2 bridgehead atoms. The van der Waals surface area contributed by atoms with Gasteiger partial charge in [0.05, 0.1) is 6.04 Å². The summed E-state index contributed by atoms with van der Waals surface area (Å²) in [5.41, 5.74) is 2.82. The number of hydrogen-bond acceptors (Lipinski definition) is 7. The lowest BCUT2D eigenvalue weighted by Gasteiger charge is -2.54. The molecule has 3 saturated heterocycles. The smallest absolute Gasteiger partial charge is 0.243 e. The number of imide groups is 1. The molecule has 1 aromatic carbocycles. The fourth-order valence-electron chi connectivity index (χ4n) is 5.18. The number of anilines is 1. The number of benzene rings is 1. The van der Waals surface area contributed by atoms with Crippen LogP contribution in [0.2, 0.25) is 0 Å². The van der Waals surface area contributed by atoms with Crippen LogP contribution in [0.5, 0.6) is 0 Å². The molecule has 4 aliphatic heterocycles. The van der Waals surface area contributed by atoms with Crippen molar-refractivity contribution in [3.8, 4) is 0 Å². The van der Waals surface area contributed by atoms with E-state index in [2.05, 4.69) is 21.6 Å². The Labute approximate surface area is 162 Å². The van der Waals surface area contributed by atoms with Gasteiger partial charge in [0.1, 0.15) is 6.04 Å². The summed E-state index contributed by atoms with van der Waals surface area (Å²) in [5, 5.41) is 5.76. The van der Waals surface area contributed by atoms with E-state index in [1.807, 2.05) is 12.1 Å². The number of hydrogen-bond donors (Lipinski definition) is 2. The highest BCUT2D eigenvalue weighted by molar-refractivity contribution is 6.27. The molecule has 0 radical (unpaired) electrons. The molecule has 4 heterocycles. The molecule has 0 spiro atoms. The van der Waals surface area contributed by atoms with Crippen LogP contribution in [0.1, 0.15) is 36.4 Å². The zero-order chi connectivity index (χ0) is 19.4. The third kappa shape index (κ3) is 2.59. The Bertz CT molecular complexity index is 871. The summed E-state index contributed by atoms with van der Waals surface area (Å²) in [5.74, 6) is -1.24. The number of piperazine rings is 1. The zero-order valence-corrected chi connectivity index (χ0v) is 15.4. The Kier molecular flexibility index (Phi) is 4.06. The van der Waals surface area contributed by atoms with Gasteiger partial charge in [0.2, 0.25) is 17.6 Å². The average Bonchev–Trinajstić information content (AvgIpc) is 3.06. The Morgan fingerprint density at radius 3 is 2.64 bits per heavy atom. The summed E-state index contributed by atoms with van der Waals surface area (Å²) in [6.07, 6.45) is 2.10. The highest BCUT2D eigenvalue weighted by atomic mass is 16.2. The van der Waals surface area contributed by atoms with E-state index in [1.54, 1.807) is 4.90 Å². The van der Waals surface area contributed by atoms with E-state index in [1.165, 1.54) is 6.42 Å². The molecule has 5 rings (SSSR count). The summed E-state index contributed by atoms with van der Waals surface area (Å²) < 4.78 is 0. The van der Waals surface area contributed by atoms with E-state index >= 15 is 0 Å². The molecule has 28 heavy (non-hydrogen) atoms. The minimum absolute atomic E-state index is 0.237. The summed E-state index contributed by atoms with van der Waals surface area (Å²) >= 11 is 0. The van der Waals surface area contributed by atoms with Crippen LogP contribution in [0, 0.1) is 0 Å². The fourth-order valence-corrected chi connectivity index (χ4v) is 5.18. The Morgan fingerprint density at radius 2 is 1.96 bits per heavy atom. The van der Waals surface area contributed by atoms with Crippen LogP contribution in [-0.2, 0) is 25.7 Å². The van der Waals surface area contributed by atoms with Crippen LogP contribution in [-0.4, -0.2) is 60.0 Å². The lowest BCUT2D eigenvalue weighted by Crippen LogP contribution is -2.68. The standard InChI is InChI=1S/C20H22N4O4/c25-10-17(26)19-15-6-12(24-13-5-14(24)8-21-7-13)2-1-11(15)9-23(19)16-3-4-18(27)22-20(16)28/h1-2,6,10,13-14,16,19,21H,3-5,7-9H2,(H,22,27,28). The predicted molar refractivity (Wildman–Crippen MR) is 99.5 cm³/mol. The number of ketones is 1. The monoisotopic (exact) mass is 382 g/mol. The van der Waals surface area contributed by atoms with Crippen LogP contribution in [0.15, 0.2) is 18.2 Å². The normalized spacial score (nSPS) is 31.8. The number of piperidine rings is 2. The van der Waals surface area contributed by atoms with Crippen molar-refractivity contribution in [3.63, 3.8) is 0 Å². The van der Waals surface area contributed by atoms with E-state index in [0.29, 0.717) is 31.3 Å². The maximum absolute atomic E-state index is 12.5. The second-order valence-corrected chi connectivity index (χ2v) is 8.05. The summed E-state index contributed by atoms with van der Waals surface area (Å²) in [6, 6.07) is 5.65. The van der Waals surface area contributed by atoms with Gasteiger partial charge in [-0.05, 0) is 36.1 Å². The second kappa shape index (κ2) is 6.49. The molecule has 8 nitrogen and oxygen atoms in total. The number of carbonyl (C=O) groups is 4. The van der Waals surface area contributed by atoms with Gasteiger partial charge in [-0.1, -0.05) is 6.07 Å². The molecule has 2 amide bonds. The molecule has 4 atom stereocenters. The molecular formula is C20H22N4O4. The Morgan fingerprint density at radius 1 is 1.18 bits per heavy atom. The molecule has 0 saturated carbocycles. The number of rotatable bonds is 4. The van der Waals surface area contributed by atoms with Gasteiger partial charge in [-0.2, -0.15) is 0 Å². The lowest BCUT2D eigenvalue weighted by atomic mass is 9.87. The first-order chi connectivity index (χ1) is 13.6. The zero-order valence-electron chi connectivity index (χ0n) is 15.4. The number of nitrogens with one attached hydrogen (secondary N) is 2. The molecule has 4 aliphatic rings. The third-order valence-corrected chi connectivity index (χ3v) is 6.49. The molecule has 8 heteroatoms. The Hall–Kier alpha value is -2.58. The van der Waals surface area contributed by atoms with Crippen LogP contribution in [0.4, 0.5) is 5.69 Å². The number of Topliss-reactive ketones (excluding diaryl/α,β-unsaturated/α-hetero) is 1. The van der Waals surface area contributed by atoms with Gasteiger partial charge in [-0.15, -0.1) is 0 Å². The number of aldehydes is 1. The topological polar surface area (TPSA) is 98.8 Å².